The third-order valence-electron chi connectivity index (χ3n) is 3.01. The third kappa shape index (κ3) is 3.74. The van der Waals surface area contributed by atoms with E-state index in [1.54, 1.807) is 6.92 Å². The highest BCUT2D eigenvalue weighted by Gasteiger charge is 2.39. The van der Waals surface area contributed by atoms with E-state index in [0.717, 1.165) is 4.68 Å². The average molecular weight is 322 g/mol. The molecule has 0 fully saturated rings. The summed E-state index contributed by atoms with van der Waals surface area (Å²) in [6.45, 7) is 4.41. The van der Waals surface area contributed by atoms with Crippen molar-refractivity contribution in [3.8, 4) is 0 Å². The Balaban J connectivity index is 3.38. The zero-order valence-corrected chi connectivity index (χ0v) is 12.6. The standard InChI is InChI=1S/C12H17F3N4O3/c1-5-18-10(9(19(21)22)8(4)16-18)11(20)17(7(2)3)6-12(13,14)15/h7H,5-6H2,1-4H3. The van der Waals surface area contributed by atoms with E-state index < -0.39 is 41.0 Å². The number of carbonyl (C=O) groups excluding carboxylic acids is 1. The SMILES string of the molecule is CCn1nc(C)c([N+](=O)[O-])c1C(=O)N(CC(F)(F)F)C(C)C. The van der Waals surface area contributed by atoms with E-state index >= 15 is 0 Å². The highest BCUT2D eigenvalue weighted by Crippen LogP contribution is 2.27. The molecule has 1 rings (SSSR count). The Morgan fingerprint density at radius 1 is 1.45 bits per heavy atom. The van der Waals surface area contributed by atoms with Crippen molar-refractivity contribution in [3.63, 3.8) is 0 Å². The molecule has 0 aliphatic rings. The van der Waals surface area contributed by atoms with Crippen LogP contribution in [0.25, 0.3) is 0 Å². The van der Waals surface area contributed by atoms with Crippen LogP contribution in [0.2, 0.25) is 0 Å². The molecule has 0 radical (unpaired) electrons. The van der Waals surface area contributed by atoms with Gasteiger partial charge in [-0.15, -0.1) is 0 Å². The van der Waals surface area contributed by atoms with E-state index in [4.69, 9.17) is 0 Å². The van der Waals surface area contributed by atoms with Crippen molar-refractivity contribution >= 4 is 11.6 Å². The van der Waals surface area contributed by atoms with Gasteiger partial charge in [0.15, 0.2) is 0 Å². The van der Waals surface area contributed by atoms with Crippen LogP contribution in [0.3, 0.4) is 0 Å². The molecular weight excluding hydrogens is 305 g/mol. The molecule has 124 valence electrons. The summed E-state index contributed by atoms with van der Waals surface area (Å²) in [5.41, 5.74) is -0.992. The molecule has 0 bridgehead atoms. The maximum Gasteiger partial charge on any atom is 0.406 e. The number of halogens is 3. The number of aromatic nitrogens is 2. The fraction of sp³-hybridized carbons (Fsp3) is 0.667. The summed E-state index contributed by atoms with van der Waals surface area (Å²) >= 11 is 0. The molecule has 1 aromatic heterocycles. The van der Waals surface area contributed by atoms with Crippen LogP contribution >= 0.6 is 0 Å². The lowest BCUT2D eigenvalue weighted by atomic mass is 10.2. The molecule has 10 heteroatoms. The molecule has 0 saturated heterocycles. The van der Waals surface area contributed by atoms with Gasteiger partial charge < -0.3 is 4.90 Å². The van der Waals surface area contributed by atoms with Gasteiger partial charge in [-0.1, -0.05) is 0 Å². The van der Waals surface area contributed by atoms with Crippen molar-refractivity contribution in [2.45, 2.75) is 46.5 Å². The van der Waals surface area contributed by atoms with Gasteiger partial charge in [0.25, 0.3) is 5.91 Å². The summed E-state index contributed by atoms with van der Waals surface area (Å²) in [7, 11) is 0. The molecule has 0 N–H and O–H groups in total. The maximum absolute atomic E-state index is 12.6. The molecule has 1 heterocycles. The second kappa shape index (κ2) is 6.32. The highest BCUT2D eigenvalue weighted by molar-refractivity contribution is 5.97. The average Bonchev–Trinajstić information content (AvgIpc) is 2.70. The lowest BCUT2D eigenvalue weighted by Gasteiger charge is -2.27. The van der Waals surface area contributed by atoms with Gasteiger partial charge >= 0.3 is 11.9 Å². The summed E-state index contributed by atoms with van der Waals surface area (Å²) in [4.78, 5) is 23.3. The second-order valence-corrected chi connectivity index (χ2v) is 5.00. The number of hydrogen-bond acceptors (Lipinski definition) is 4. The Morgan fingerprint density at radius 2 is 2.00 bits per heavy atom. The van der Waals surface area contributed by atoms with Crippen LogP contribution in [-0.2, 0) is 6.54 Å². The van der Waals surface area contributed by atoms with Crippen LogP contribution in [0, 0.1) is 17.0 Å². The molecular formula is C12H17F3N4O3. The number of alkyl halides is 3. The number of hydrogen-bond donors (Lipinski definition) is 0. The van der Waals surface area contributed by atoms with E-state index in [2.05, 4.69) is 5.10 Å². The Hall–Kier alpha value is -2.13. The van der Waals surface area contributed by atoms with Crippen molar-refractivity contribution in [2.75, 3.05) is 6.54 Å². The van der Waals surface area contributed by atoms with Crippen molar-refractivity contribution in [1.29, 1.82) is 0 Å². The van der Waals surface area contributed by atoms with Gasteiger partial charge in [-0.05, 0) is 27.7 Å². The fourth-order valence-corrected chi connectivity index (χ4v) is 2.05. The summed E-state index contributed by atoms with van der Waals surface area (Å²) < 4.78 is 39.0. The molecule has 7 nitrogen and oxygen atoms in total. The molecule has 1 aromatic rings. The largest absolute Gasteiger partial charge is 0.406 e. The molecule has 0 saturated carbocycles. The highest BCUT2D eigenvalue weighted by atomic mass is 19.4. The summed E-state index contributed by atoms with van der Waals surface area (Å²) in [6.07, 6.45) is -4.60. The van der Waals surface area contributed by atoms with Crippen molar-refractivity contribution in [3.05, 3.63) is 21.5 Å². The second-order valence-electron chi connectivity index (χ2n) is 5.00. The molecule has 0 aliphatic carbocycles. The molecule has 0 aromatic carbocycles. The third-order valence-corrected chi connectivity index (χ3v) is 3.01. The Bertz CT molecular complexity index is 581. The monoisotopic (exact) mass is 322 g/mol. The van der Waals surface area contributed by atoms with Crippen molar-refractivity contribution in [1.82, 2.24) is 14.7 Å². The Labute approximate surface area is 124 Å². The van der Waals surface area contributed by atoms with Gasteiger partial charge in [-0.2, -0.15) is 18.3 Å². The first-order valence-electron chi connectivity index (χ1n) is 6.59. The van der Waals surface area contributed by atoms with Crippen LogP contribution in [0.1, 0.15) is 37.0 Å². The maximum atomic E-state index is 12.6. The first-order chi connectivity index (χ1) is 9.99. The summed E-state index contributed by atoms with van der Waals surface area (Å²) in [6, 6.07) is -0.769. The minimum Gasteiger partial charge on any atom is -0.326 e. The topological polar surface area (TPSA) is 81.3 Å². The lowest BCUT2D eigenvalue weighted by molar-refractivity contribution is -0.385. The molecule has 0 unspecified atom stereocenters. The van der Waals surface area contributed by atoms with Gasteiger partial charge in [-0.25, -0.2) is 0 Å². The van der Waals surface area contributed by atoms with E-state index in [9.17, 15) is 28.1 Å². The molecule has 0 spiro atoms. The Morgan fingerprint density at radius 3 is 2.36 bits per heavy atom. The number of rotatable bonds is 5. The smallest absolute Gasteiger partial charge is 0.326 e. The number of amides is 1. The van der Waals surface area contributed by atoms with E-state index in [0.29, 0.717) is 4.90 Å². The van der Waals surface area contributed by atoms with Gasteiger partial charge in [0.2, 0.25) is 5.69 Å². The normalized spacial score (nSPS) is 11.8. The summed E-state index contributed by atoms with van der Waals surface area (Å²) in [5, 5.41) is 15.0. The summed E-state index contributed by atoms with van der Waals surface area (Å²) in [5.74, 6) is -1.05. The van der Waals surface area contributed by atoms with Gasteiger partial charge in [0, 0.05) is 12.6 Å². The van der Waals surface area contributed by atoms with Gasteiger partial charge in [0.1, 0.15) is 12.2 Å². The number of aryl methyl sites for hydroxylation is 2. The molecule has 22 heavy (non-hydrogen) atoms. The van der Waals surface area contributed by atoms with Gasteiger partial charge in [-0.3, -0.25) is 19.6 Å². The molecule has 0 atom stereocenters. The predicted octanol–water partition coefficient (Wildman–Crippen LogP) is 2.53. The van der Waals surface area contributed by atoms with E-state index in [-0.39, 0.29) is 12.2 Å². The fourth-order valence-electron chi connectivity index (χ4n) is 2.05. The first kappa shape index (κ1) is 17.9. The number of nitrogens with zero attached hydrogens (tertiary/aromatic N) is 4. The first-order valence-corrected chi connectivity index (χ1v) is 6.59. The van der Waals surface area contributed by atoms with E-state index in [1.165, 1.54) is 20.8 Å². The van der Waals surface area contributed by atoms with Crippen LogP contribution in [0.15, 0.2) is 0 Å². The zero-order valence-electron chi connectivity index (χ0n) is 12.6. The molecule has 0 aliphatic heterocycles. The zero-order chi connectivity index (χ0) is 17.2. The molecule has 1 amide bonds. The van der Waals surface area contributed by atoms with E-state index in [1.807, 2.05) is 0 Å². The van der Waals surface area contributed by atoms with Gasteiger partial charge in [0.05, 0.1) is 4.92 Å². The predicted molar refractivity (Wildman–Crippen MR) is 71.5 cm³/mol. The number of carbonyl (C=O) groups is 1. The lowest BCUT2D eigenvalue weighted by Crippen LogP contribution is -2.44. The van der Waals surface area contributed by atoms with Crippen LogP contribution < -0.4 is 0 Å². The quantitative estimate of drug-likeness (QED) is 0.616. The van der Waals surface area contributed by atoms with Crippen molar-refractivity contribution < 1.29 is 22.9 Å². The minimum absolute atomic E-state index is 0.00841. The Kier molecular flexibility index (Phi) is 5.15. The minimum atomic E-state index is -4.60. The van der Waals surface area contributed by atoms with Crippen LogP contribution in [0.5, 0.6) is 0 Å². The van der Waals surface area contributed by atoms with Crippen LogP contribution in [0.4, 0.5) is 18.9 Å². The van der Waals surface area contributed by atoms with Crippen LogP contribution in [-0.4, -0.2) is 44.3 Å². The number of nitro groups is 1. The van der Waals surface area contributed by atoms with Crippen molar-refractivity contribution in [2.24, 2.45) is 0 Å².